The van der Waals surface area contributed by atoms with Gasteiger partial charge in [-0.3, -0.25) is 19.6 Å². The van der Waals surface area contributed by atoms with Gasteiger partial charge in [0.1, 0.15) is 5.76 Å². The Kier molecular flexibility index (Phi) is 5.43. The summed E-state index contributed by atoms with van der Waals surface area (Å²) in [5.41, 5.74) is 2.85. The molecule has 26 heavy (non-hydrogen) atoms. The maximum atomic E-state index is 11.8. The van der Waals surface area contributed by atoms with Gasteiger partial charge in [0.05, 0.1) is 11.4 Å². The van der Waals surface area contributed by atoms with Gasteiger partial charge in [-0.1, -0.05) is 5.16 Å². The summed E-state index contributed by atoms with van der Waals surface area (Å²) in [6.07, 6.45) is 1.10. The molecule has 1 fully saturated rings. The zero-order chi connectivity index (χ0) is 18.8. The molecule has 142 valence electrons. The van der Waals surface area contributed by atoms with Crippen molar-refractivity contribution >= 4 is 5.95 Å². The number of aromatic nitrogens is 3. The summed E-state index contributed by atoms with van der Waals surface area (Å²) in [4.78, 5) is 25.7. The first-order valence-corrected chi connectivity index (χ1v) is 8.95. The van der Waals surface area contributed by atoms with Crippen molar-refractivity contribution in [3.63, 3.8) is 0 Å². The fourth-order valence-corrected chi connectivity index (χ4v) is 3.44. The van der Waals surface area contributed by atoms with E-state index in [1.807, 2.05) is 32.8 Å². The molecule has 2 aromatic rings. The van der Waals surface area contributed by atoms with Crippen LogP contribution < -0.4 is 10.5 Å². The fourth-order valence-electron chi connectivity index (χ4n) is 3.44. The molecule has 0 spiro atoms. The van der Waals surface area contributed by atoms with Crippen LogP contribution in [0.5, 0.6) is 0 Å². The van der Waals surface area contributed by atoms with Crippen LogP contribution in [0.2, 0.25) is 0 Å². The van der Waals surface area contributed by atoms with Gasteiger partial charge in [0.25, 0.3) is 5.56 Å². The van der Waals surface area contributed by atoms with Crippen LogP contribution in [0.4, 0.5) is 5.95 Å². The number of anilines is 1. The van der Waals surface area contributed by atoms with Gasteiger partial charge in [0.15, 0.2) is 0 Å². The summed E-state index contributed by atoms with van der Waals surface area (Å²) >= 11 is 0. The van der Waals surface area contributed by atoms with E-state index in [2.05, 4.69) is 32.0 Å². The van der Waals surface area contributed by atoms with Crippen molar-refractivity contribution in [2.75, 3.05) is 39.1 Å². The normalized spacial score (nSPS) is 18.0. The lowest BCUT2D eigenvalue weighted by Gasteiger charge is -2.24. The molecule has 0 aliphatic carbocycles. The highest BCUT2D eigenvalue weighted by Crippen LogP contribution is 2.21. The SMILES string of the molecule is Cc1noc(C)c1CN1CC[C@H](N(C)Cc2cc(=O)[nH]c(N(C)C)n2)C1. The Labute approximate surface area is 153 Å². The monoisotopic (exact) mass is 360 g/mol. The summed E-state index contributed by atoms with van der Waals surface area (Å²) in [6.45, 7) is 7.53. The van der Waals surface area contributed by atoms with Crippen LogP contribution in [0.25, 0.3) is 0 Å². The number of hydrogen-bond donors (Lipinski definition) is 1. The lowest BCUT2D eigenvalue weighted by atomic mass is 10.2. The highest BCUT2D eigenvalue weighted by Gasteiger charge is 2.27. The van der Waals surface area contributed by atoms with Gasteiger partial charge >= 0.3 is 0 Å². The van der Waals surface area contributed by atoms with Crippen molar-refractivity contribution in [2.24, 2.45) is 0 Å². The zero-order valence-corrected chi connectivity index (χ0v) is 16.2. The summed E-state index contributed by atoms with van der Waals surface area (Å²) in [5, 5.41) is 4.04. The average molecular weight is 360 g/mol. The summed E-state index contributed by atoms with van der Waals surface area (Å²) in [5.74, 6) is 1.50. The van der Waals surface area contributed by atoms with Crippen molar-refractivity contribution in [1.29, 1.82) is 0 Å². The molecule has 1 N–H and O–H groups in total. The van der Waals surface area contributed by atoms with Crippen LogP contribution in [0.3, 0.4) is 0 Å². The Balaban J connectivity index is 1.61. The summed E-state index contributed by atoms with van der Waals surface area (Å²) in [7, 11) is 5.84. The molecule has 1 aliphatic rings. The molecule has 1 saturated heterocycles. The van der Waals surface area contributed by atoms with Crippen molar-refractivity contribution in [3.05, 3.63) is 39.1 Å². The van der Waals surface area contributed by atoms with Crippen LogP contribution in [-0.4, -0.2) is 65.2 Å². The number of H-pyrrole nitrogens is 1. The number of aryl methyl sites for hydroxylation is 2. The quantitative estimate of drug-likeness (QED) is 0.827. The second kappa shape index (κ2) is 7.59. The highest BCUT2D eigenvalue weighted by molar-refractivity contribution is 5.27. The minimum absolute atomic E-state index is 0.112. The molecule has 3 heterocycles. The lowest BCUT2D eigenvalue weighted by molar-refractivity contribution is 0.220. The Hall–Kier alpha value is -2.19. The minimum Gasteiger partial charge on any atom is -0.361 e. The maximum absolute atomic E-state index is 11.8. The van der Waals surface area contributed by atoms with E-state index >= 15 is 0 Å². The molecule has 8 nitrogen and oxygen atoms in total. The van der Waals surface area contributed by atoms with E-state index in [9.17, 15) is 4.79 Å². The van der Waals surface area contributed by atoms with Gasteiger partial charge in [-0.15, -0.1) is 0 Å². The van der Waals surface area contributed by atoms with Crippen LogP contribution in [0.1, 0.15) is 29.1 Å². The van der Waals surface area contributed by atoms with E-state index in [1.54, 1.807) is 6.07 Å². The van der Waals surface area contributed by atoms with Crippen LogP contribution in [-0.2, 0) is 13.1 Å². The molecule has 0 unspecified atom stereocenters. The van der Waals surface area contributed by atoms with Gasteiger partial charge < -0.3 is 9.42 Å². The first-order chi connectivity index (χ1) is 12.3. The predicted octanol–water partition coefficient (Wildman–Crippen LogP) is 1.15. The summed E-state index contributed by atoms with van der Waals surface area (Å²) < 4.78 is 5.27. The number of nitrogens with one attached hydrogen (secondary N) is 1. The Morgan fingerprint density at radius 2 is 2.12 bits per heavy atom. The van der Waals surface area contributed by atoms with E-state index in [4.69, 9.17) is 4.52 Å². The largest absolute Gasteiger partial charge is 0.361 e. The van der Waals surface area contributed by atoms with E-state index in [0.717, 1.165) is 43.2 Å². The number of likely N-dealkylation sites (tertiary alicyclic amines) is 1. The number of hydrogen-bond acceptors (Lipinski definition) is 7. The number of likely N-dealkylation sites (N-methyl/N-ethyl adjacent to an activating group) is 1. The summed E-state index contributed by atoms with van der Waals surface area (Å²) in [6, 6.07) is 2.03. The van der Waals surface area contributed by atoms with Crippen molar-refractivity contribution in [3.8, 4) is 0 Å². The molecule has 0 saturated carbocycles. The Morgan fingerprint density at radius 1 is 1.35 bits per heavy atom. The second-order valence-electron chi connectivity index (χ2n) is 7.35. The third-order valence-corrected chi connectivity index (χ3v) is 5.05. The average Bonchev–Trinajstić information content (AvgIpc) is 3.16. The maximum Gasteiger partial charge on any atom is 0.252 e. The van der Waals surface area contributed by atoms with E-state index in [0.29, 0.717) is 18.5 Å². The molecule has 0 bridgehead atoms. The molecule has 2 aromatic heterocycles. The first-order valence-electron chi connectivity index (χ1n) is 8.95. The van der Waals surface area contributed by atoms with Gasteiger partial charge in [0, 0.05) is 57.9 Å². The molecule has 1 atom stereocenters. The molecule has 3 rings (SSSR count). The lowest BCUT2D eigenvalue weighted by Crippen LogP contribution is -2.34. The van der Waals surface area contributed by atoms with Gasteiger partial charge in [-0.25, -0.2) is 4.98 Å². The standard InChI is InChI=1S/C18H28N6O2/c1-12-16(13(2)26-21-12)11-24-7-6-15(10-24)23(5)9-14-8-17(25)20-18(19-14)22(3)4/h8,15H,6-7,9-11H2,1-5H3,(H,19,20,25)/t15-/m0/s1. The molecule has 1 aliphatic heterocycles. The number of aromatic amines is 1. The molecule has 0 aromatic carbocycles. The van der Waals surface area contributed by atoms with Gasteiger partial charge in [-0.05, 0) is 27.3 Å². The topological polar surface area (TPSA) is 81.5 Å². The third kappa shape index (κ3) is 4.13. The second-order valence-corrected chi connectivity index (χ2v) is 7.35. The van der Waals surface area contributed by atoms with Crippen LogP contribution in [0, 0.1) is 13.8 Å². The smallest absolute Gasteiger partial charge is 0.252 e. The highest BCUT2D eigenvalue weighted by atomic mass is 16.5. The van der Waals surface area contributed by atoms with E-state index in [1.165, 1.54) is 5.56 Å². The molecular weight excluding hydrogens is 332 g/mol. The number of rotatable bonds is 6. The number of nitrogens with zero attached hydrogens (tertiary/aromatic N) is 5. The van der Waals surface area contributed by atoms with Crippen molar-refractivity contribution in [1.82, 2.24) is 24.9 Å². The Morgan fingerprint density at radius 3 is 2.77 bits per heavy atom. The minimum atomic E-state index is -0.112. The zero-order valence-electron chi connectivity index (χ0n) is 16.2. The van der Waals surface area contributed by atoms with Crippen molar-refractivity contribution < 1.29 is 4.52 Å². The molecule has 0 amide bonds. The van der Waals surface area contributed by atoms with Crippen molar-refractivity contribution in [2.45, 2.75) is 39.4 Å². The Bertz CT molecular complexity index is 793. The predicted molar refractivity (Wildman–Crippen MR) is 100 cm³/mol. The van der Waals surface area contributed by atoms with E-state index < -0.39 is 0 Å². The van der Waals surface area contributed by atoms with E-state index in [-0.39, 0.29) is 5.56 Å². The van der Waals surface area contributed by atoms with Crippen LogP contribution in [0.15, 0.2) is 15.4 Å². The third-order valence-electron chi connectivity index (χ3n) is 5.05. The first kappa shape index (κ1) is 18.6. The molecular formula is C18H28N6O2. The van der Waals surface area contributed by atoms with Gasteiger partial charge in [-0.2, -0.15) is 0 Å². The van der Waals surface area contributed by atoms with Gasteiger partial charge in [0.2, 0.25) is 5.95 Å². The fraction of sp³-hybridized carbons (Fsp3) is 0.611. The van der Waals surface area contributed by atoms with Crippen LogP contribution >= 0.6 is 0 Å². The molecule has 8 heteroatoms. The molecule has 0 radical (unpaired) electrons.